The minimum atomic E-state index is 0.0523. The molecule has 0 bridgehead atoms. The van der Waals surface area contributed by atoms with Gasteiger partial charge in [0.1, 0.15) is 23.1 Å². The molecule has 2 aliphatic carbocycles. The summed E-state index contributed by atoms with van der Waals surface area (Å²) in [6.45, 7) is 1.93. The van der Waals surface area contributed by atoms with Gasteiger partial charge in [-0.1, -0.05) is 11.6 Å². The molecule has 2 heterocycles. The number of rotatable bonds is 3. The Hall–Kier alpha value is -2.08. The molecule has 2 saturated carbocycles. The summed E-state index contributed by atoms with van der Waals surface area (Å²) in [5.41, 5.74) is 1.01. The lowest BCUT2D eigenvalue weighted by Gasteiger charge is -2.05. The zero-order valence-electron chi connectivity index (χ0n) is 12.9. The summed E-state index contributed by atoms with van der Waals surface area (Å²) < 4.78 is 0. The van der Waals surface area contributed by atoms with Gasteiger partial charge >= 0.3 is 0 Å². The first-order valence-corrected chi connectivity index (χ1v) is 8.07. The first kappa shape index (κ1) is 15.8. The van der Waals surface area contributed by atoms with E-state index in [1.165, 1.54) is 6.33 Å². The summed E-state index contributed by atoms with van der Waals surface area (Å²) in [6.07, 6.45) is 7.48. The van der Waals surface area contributed by atoms with E-state index in [9.17, 15) is 4.79 Å². The SMILES string of the molecule is Cc1ccncn1.O=C(Nc1cc(Cl)nc(C2CC2)n1)C1CC1. The van der Waals surface area contributed by atoms with Crippen molar-refractivity contribution >= 4 is 23.3 Å². The van der Waals surface area contributed by atoms with Crippen LogP contribution in [0.1, 0.15) is 43.1 Å². The molecule has 6 nitrogen and oxygen atoms in total. The Morgan fingerprint density at radius 2 is 2.04 bits per heavy atom. The molecular weight excluding hydrogens is 314 g/mol. The molecule has 7 heteroatoms. The van der Waals surface area contributed by atoms with Gasteiger partial charge in [0.25, 0.3) is 0 Å². The van der Waals surface area contributed by atoms with Crippen LogP contribution in [0.5, 0.6) is 0 Å². The standard InChI is InChI=1S/C11H12ClN3O.C5H6N2/c12-8-5-9(15-11(16)7-3-4-7)14-10(13-8)6-1-2-6;1-5-2-3-6-4-7-5/h5-7H,1-4H2,(H,13,14,15,16);2-4H,1H3. The smallest absolute Gasteiger partial charge is 0.228 e. The molecule has 23 heavy (non-hydrogen) atoms. The van der Waals surface area contributed by atoms with E-state index in [1.54, 1.807) is 12.3 Å². The van der Waals surface area contributed by atoms with Gasteiger partial charge in [0, 0.05) is 29.8 Å². The highest BCUT2D eigenvalue weighted by molar-refractivity contribution is 6.29. The van der Waals surface area contributed by atoms with Gasteiger partial charge in [0.15, 0.2) is 0 Å². The fourth-order valence-corrected chi connectivity index (χ4v) is 2.14. The zero-order valence-corrected chi connectivity index (χ0v) is 13.6. The van der Waals surface area contributed by atoms with Crippen LogP contribution in [0, 0.1) is 12.8 Å². The minimum Gasteiger partial charge on any atom is -0.310 e. The van der Waals surface area contributed by atoms with Crippen molar-refractivity contribution in [2.45, 2.75) is 38.5 Å². The van der Waals surface area contributed by atoms with Crippen molar-refractivity contribution < 1.29 is 4.79 Å². The maximum atomic E-state index is 11.6. The quantitative estimate of drug-likeness (QED) is 0.874. The highest BCUT2D eigenvalue weighted by Crippen LogP contribution is 2.39. The van der Waals surface area contributed by atoms with Crippen LogP contribution in [0.3, 0.4) is 0 Å². The molecule has 2 aromatic heterocycles. The van der Waals surface area contributed by atoms with Gasteiger partial charge in [-0.25, -0.2) is 19.9 Å². The molecule has 0 saturated heterocycles. The number of aryl methyl sites for hydroxylation is 1. The number of anilines is 1. The van der Waals surface area contributed by atoms with E-state index < -0.39 is 0 Å². The van der Waals surface area contributed by atoms with Crippen LogP contribution in [0.15, 0.2) is 24.7 Å². The zero-order chi connectivity index (χ0) is 16.2. The normalized spacial score (nSPS) is 16.3. The molecule has 0 aromatic carbocycles. The van der Waals surface area contributed by atoms with Gasteiger partial charge in [-0.05, 0) is 38.7 Å². The van der Waals surface area contributed by atoms with E-state index >= 15 is 0 Å². The summed E-state index contributed by atoms with van der Waals surface area (Å²) in [7, 11) is 0. The Morgan fingerprint density at radius 3 is 2.57 bits per heavy atom. The van der Waals surface area contributed by atoms with E-state index in [0.29, 0.717) is 16.9 Å². The Bertz CT molecular complexity index is 686. The summed E-state index contributed by atoms with van der Waals surface area (Å²) in [5, 5.41) is 3.20. The van der Waals surface area contributed by atoms with Gasteiger partial charge in [-0.15, -0.1) is 0 Å². The second kappa shape index (κ2) is 7.00. The van der Waals surface area contributed by atoms with Crippen LogP contribution in [0.2, 0.25) is 5.15 Å². The van der Waals surface area contributed by atoms with Crippen molar-refractivity contribution in [2.24, 2.45) is 5.92 Å². The number of carbonyl (C=O) groups is 1. The number of hydrogen-bond donors (Lipinski definition) is 1. The monoisotopic (exact) mass is 331 g/mol. The van der Waals surface area contributed by atoms with Gasteiger partial charge in [-0.3, -0.25) is 4.79 Å². The van der Waals surface area contributed by atoms with Crippen LogP contribution in [0.4, 0.5) is 5.82 Å². The molecule has 2 aliphatic rings. The maximum absolute atomic E-state index is 11.6. The average molecular weight is 332 g/mol. The largest absolute Gasteiger partial charge is 0.310 e. The third-order valence-corrected chi connectivity index (χ3v) is 3.78. The van der Waals surface area contributed by atoms with Crippen LogP contribution in [-0.4, -0.2) is 25.8 Å². The third-order valence-electron chi connectivity index (χ3n) is 3.58. The molecular formula is C16H18ClN5O. The molecule has 0 aliphatic heterocycles. The van der Waals surface area contributed by atoms with Crippen molar-refractivity contribution in [1.29, 1.82) is 0 Å². The second-order valence-corrected chi connectivity index (χ2v) is 6.21. The molecule has 1 amide bonds. The van der Waals surface area contributed by atoms with Crippen molar-refractivity contribution in [2.75, 3.05) is 5.32 Å². The predicted molar refractivity (Wildman–Crippen MR) is 87.1 cm³/mol. The Kier molecular flexibility index (Phi) is 4.81. The molecule has 120 valence electrons. The molecule has 0 radical (unpaired) electrons. The number of nitrogens with zero attached hydrogens (tertiary/aromatic N) is 4. The summed E-state index contributed by atoms with van der Waals surface area (Å²) >= 11 is 5.90. The lowest BCUT2D eigenvalue weighted by Crippen LogP contribution is -2.15. The Labute approximate surface area is 139 Å². The number of amides is 1. The summed E-state index contributed by atoms with van der Waals surface area (Å²) in [6, 6.07) is 3.47. The number of aromatic nitrogens is 4. The number of halogens is 1. The molecule has 1 N–H and O–H groups in total. The average Bonchev–Trinajstić information content (AvgIpc) is 3.41. The highest BCUT2D eigenvalue weighted by Gasteiger charge is 2.31. The van der Waals surface area contributed by atoms with Crippen LogP contribution in [0.25, 0.3) is 0 Å². The molecule has 2 aromatic rings. The molecule has 0 atom stereocenters. The van der Waals surface area contributed by atoms with Gasteiger partial charge in [0.05, 0.1) is 0 Å². The molecule has 4 rings (SSSR count). The number of nitrogens with one attached hydrogen (secondary N) is 1. The van der Waals surface area contributed by atoms with E-state index in [-0.39, 0.29) is 11.8 Å². The molecule has 2 fully saturated rings. The lowest BCUT2D eigenvalue weighted by atomic mass is 10.3. The van der Waals surface area contributed by atoms with Crippen molar-refractivity contribution in [3.8, 4) is 0 Å². The third kappa shape index (κ3) is 4.96. The Balaban J connectivity index is 0.000000188. The van der Waals surface area contributed by atoms with Crippen LogP contribution in [-0.2, 0) is 4.79 Å². The highest BCUT2D eigenvalue weighted by atomic mass is 35.5. The fraction of sp³-hybridized carbons (Fsp3) is 0.438. The molecule has 0 unspecified atom stereocenters. The van der Waals surface area contributed by atoms with Crippen molar-refractivity contribution in [3.05, 3.63) is 41.3 Å². The number of hydrogen-bond acceptors (Lipinski definition) is 5. The van der Waals surface area contributed by atoms with Crippen LogP contribution < -0.4 is 5.32 Å². The van der Waals surface area contributed by atoms with Gasteiger partial charge < -0.3 is 5.32 Å². The fourth-order valence-electron chi connectivity index (χ4n) is 1.95. The van der Waals surface area contributed by atoms with Crippen LogP contribution >= 0.6 is 11.6 Å². The van der Waals surface area contributed by atoms with E-state index in [1.807, 2.05) is 13.0 Å². The van der Waals surface area contributed by atoms with E-state index in [0.717, 1.165) is 37.2 Å². The van der Waals surface area contributed by atoms with Gasteiger partial charge in [-0.2, -0.15) is 0 Å². The predicted octanol–water partition coefficient (Wildman–Crippen LogP) is 3.14. The molecule has 0 spiro atoms. The lowest BCUT2D eigenvalue weighted by molar-refractivity contribution is -0.117. The first-order chi connectivity index (χ1) is 11.1. The summed E-state index contributed by atoms with van der Waals surface area (Å²) in [5.74, 6) is 1.97. The maximum Gasteiger partial charge on any atom is 0.228 e. The topological polar surface area (TPSA) is 80.7 Å². The van der Waals surface area contributed by atoms with Gasteiger partial charge in [0.2, 0.25) is 5.91 Å². The van der Waals surface area contributed by atoms with Crippen molar-refractivity contribution in [3.63, 3.8) is 0 Å². The first-order valence-electron chi connectivity index (χ1n) is 7.70. The van der Waals surface area contributed by atoms with Crippen molar-refractivity contribution in [1.82, 2.24) is 19.9 Å². The summed E-state index contributed by atoms with van der Waals surface area (Å²) in [4.78, 5) is 27.7. The minimum absolute atomic E-state index is 0.0523. The second-order valence-electron chi connectivity index (χ2n) is 5.82. The van der Waals surface area contributed by atoms with E-state index in [4.69, 9.17) is 11.6 Å². The van der Waals surface area contributed by atoms with E-state index in [2.05, 4.69) is 25.3 Å². The Morgan fingerprint density at radius 1 is 1.26 bits per heavy atom. The number of carbonyl (C=O) groups excluding carboxylic acids is 1.